The van der Waals surface area contributed by atoms with E-state index in [-0.39, 0.29) is 0 Å². The van der Waals surface area contributed by atoms with Gasteiger partial charge in [-0.25, -0.2) is 10.8 Å². The summed E-state index contributed by atoms with van der Waals surface area (Å²) in [4.78, 5) is 6.79. The minimum absolute atomic E-state index is 0.662. The monoisotopic (exact) mass is 254 g/mol. The van der Waals surface area contributed by atoms with Gasteiger partial charge in [0, 0.05) is 6.54 Å². The Labute approximate surface area is 107 Å². The molecule has 1 aliphatic rings. The second-order valence-corrected chi connectivity index (χ2v) is 5.14. The van der Waals surface area contributed by atoms with E-state index < -0.39 is 0 Å². The van der Waals surface area contributed by atoms with Crippen LogP contribution < -0.4 is 11.3 Å². The average Bonchev–Trinajstić information content (AvgIpc) is 2.35. The van der Waals surface area contributed by atoms with E-state index in [0.29, 0.717) is 10.8 Å². The molecule has 94 valence electrons. The molecule has 0 spiro atoms. The van der Waals surface area contributed by atoms with Gasteiger partial charge in [0.25, 0.3) is 0 Å². The Balaban J connectivity index is 2.02. The number of nitrogens with one attached hydrogen (secondary N) is 1. The molecule has 0 bridgehead atoms. The molecule has 1 aliphatic heterocycles. The summed E-state index contributed by atoms with van der Waals surface area (Å²) in [5, 5.41) is 0.711. The number of anilines is 1. The maximum absolute atomic E-state index is 6.14. The average molecular weight is 255 g/mol. The number of aromatic nitrogens is 1. The van der Waals surface area contributed by atoms with E-state index in [2.05, 4.69) is 22.2 Å². The van der Waals surface area contributed by atoms with E-state index in [4.69, 9.17) is 17.4 Å². The predicted octanol–water partition coefficient (Wildman–Crippen LogP) is 2.25. The van der Waals surface area contributed by atoms with E-state index in [1.54, 1.807) is 6.07 Å². The lowest BCUT2D eigenvalue weighted by atomic mass is 9.99. The summed E-state index contributed by atoms with van der Waals surface area (Å²) in [5.41, 5.74) is 3.45. The van der Waals surface area contributed by atoms with Gasteiger partial charge >= 0.3 is 0 Å². The maximum atomic E-state index is 6.14. The number of rotatable bonds is 3. The van der Waals surface area contributed by atoms with Crippen molar-refractivity contribution in [3.8, 4) is 0 Å². The molecule has 1 aromatic rings. The highest BCUT2D eigenvalue weighted by Gasteiger charge is 2.17. The van der Waals surface area contributed by atoms with Crippen molar-refractivity contribution >= 4 is 17.4 Å². The largest absolute Gasteiger partial charge is 0.308 e. The third kappa shape index (κ3) is 3.31. The molecular formula is C12H19ClN4. The van der Waals surface area contributed by atoms with Crippen LogP contribution in [0.15, 0.2) is 12.1 Å². The molecule has 2 rings (SSSR count). The first kappa shape index (κ1) is 12.6. The summed E-state index contributed by atoms with van der Waals surface area (Å²) in [5.74, 6) is 6.85. The van der Waals surface area contributed by atoms with E-state index in [9.17, 15) is 0 Å². The molecule has 5 heteroatoms. The van der Waals surface area contributed by atoms with Gasteiger partial charge in [0.1, 0.15) is 5.82 Å². The summed E-state index contributed by atoms with van der Waals surface area (Å²) in [6, 6.07) is 3.62. The molecule has 1 saturated heterocycles. The third-order valence-corrected chi connectivity index (χ3v) is 3.66. The van der Waals surface area contributed by atoms with Crippen LogP contribution in [0, 0.1) is 5.92 Å². The molecule has 17 heavy (non-hydrogen) atoms. The highest BCUT2D eigenvalue weighted by molar-refractivity contribution is 6.31. The molecule has 0 radical (unpaired) electrons. The van der Waals surface area contributed by atoms with Crippen LogP contribution in [0.25, 0.3) is 0 Å². The van der Waals surface area contributed by atoms with E-state index in [1.807, 2.05) is 6.07 Å². The molecule has 2 heterocycles. The number of piperidine rings is 1. The zero-order chi connectivity index (χ0) is 12.3. The van der Waals surface area contributed by atoms with Gasteiger partial charge in [0.15, 0.2) is 0 Å². The fourth-order valence-corrected chi connectivity index (χ4v) is 2.27. The Hall–Kier alpha value is -0.840. The number of hydrazine groups is 1. The Morgan fingerprint density at radius 1 is 1.47 bits per heavy atom. The highest BCUT2D eigenvalue weighted by Crippen LogP contribution is 2.21. The van der Waals surface area contributed by atoms with Gasteiger partial charge in [-0.1, -0.05) is 18.5 Å². The number of hydrogen-bond donors (Lipinski definition) is 2. The molecule has 0 saturated carbocycles. The molecule has 1 fully saturated rings. The molecule has 0 unspecified atom stereocenters. The molecular weight excluding hydrogens is 236 g/mol. The van der Waals surface area contributed by atoms with Gasteiger partial charge in [-0.2, -0.15) is 0 Å². The summed E-state index contributed by atoms with van der Waals surface area (Å²) in [6.45, 7) is 5.36. The molecule has 0 amide bonds. The van der Waals surface area contributed by atoms with Crippen LogP contribution in [0.1, 0.15) is 25.5 Å². The summed E-state index contributed by atoms with van der Waals surface area (Å²) in [6.07, 6.45) is 2.51. The molecule has 4 nitrogen and oxygen atoms in total. The van der Waals surface area contributed by atoms with Crippen LogP contribution in [-0.4, -0.2) is 23.0 Å². The van der Waals surface area contributed by atoms with Crippen molar-refractivity contribution in [1.29, 1.82) is 0 Å². The smallest absolute Gasteiger partial charge is 0.140 e. The van der Waals surface area contributed by atoms with Crippen LogP contribution >= 0.6 is 11.6 Å². The van der Waals surface area contributed by atoms with E-state index in [0.717, 1.165) is 31.2 Å². The number of hydrogen-bond acceptors (Lipinski definition) is 4. The lowest BCUT2D eigenvalue weighted by Crippen LogP contribution is -2.32. The van der Waals surface area contributed by atoms with Gasteiger partial charge in [-0.15, -0.1) is 0 Å². The number of likely N-dealkylation sites (tertiary alicyclic amines) is 1. The lowest BCUT2D eigenvalue weighted by molar-refractivity contribution is 0.183. The first-order valence-electron chi connectivity index (χ1n) is 6.03. The van der Waals surface area contributed by atoms with Crippen LogP contribution in [0.5, 0.6) is 0 Å². The summed E-state index contributed by atoms with van der Waals surface area (Å²) >= 11 is 6.14. The van der Waals surface area contributed by atoms with Gasteiger partial charge in [0.05, 0.1) is 10.7 Å². The Morgan fingerprint density at radius 3 is 2.82 bits per heavy atom. The van der Waals surface area contributed by atoms with Crippen molar-refractivity contribution in [2.75, 3.05) is 18.5 Å². The number of pyridine rings is 1. The van der Waals surface area contributed by atoms with Gasteiger partial charge < -0.3 is 5.43 Å². The topological polar surface area (TPSA) is 54.2 Å². The van der Waals surface area contributed by atoms with Gasteiger partial charge in [-0.05, 0) is 44.0 Å². The minimum Gasteiger partial charge on any atom is -0.308 e. The van der Waals surface area contributed by atoms with Crippen molar-refractivity contribution in [1.82, 2.24) is 9.88 Å². The quantitative estimate of drug-likeness (QED) is 0.642. The summed E-state index contributed by atoms with van der Waals surface area (Å²) < 4.78 is 0. The third-order valence-electron chi connectivity index (χ3n) is 3.32. The van der Waals surface area contributed by atoms with Gasteiger partial charge in [-0.3, -0.25) is 4.90 Å². The maximum Gasteiger partial charge on any atom is 0.140 e. The second kappa shape index (κ2) is 5.67. The zero-order valence-electron chi connectivity index (χ0n) is 10.1. The predicted molar refractivity (Wildman–Crippen MR) is 70.7 cm³/mol. The zero-order valence-corrected chi connectivity index (χ0v) is 10.9. The van der Waals surface area contributed by atoms with E-state index in [1.165, 1.54) is 12.8 Å². The molecule has 0 aromatic carbocycles. The van der Waals surface area contributed by atoms with Gasteiger partial charge in [0.2, 0.25) is 0 Å². The normalized spacial score (nSPS) is 18.3. The molecule has 1 aromatic heterocycles. The standard InChI is InChI=1S/C12H19ClN4/c1-9-4-6-17(7-5-9)8-11-10(13)2-3-12(15-11)16-14/h2-3,9H,4-8,14H2,1H3,(H,15,16). The molecule has 3 N–H and O–H groups in total. The van der Waals surface area contributed by atoms with Crippen LogP contribution in [0.2, 0.25) is 5.02 Å². The summed E-state index contributed by atoms with van der Waals surface area (Å²) in [7, 11) is 0. The Kier molecular flexibility index (Phi) is 4.20. The molecule has 0 atom stereocenters. The van der Waals surface area contributed by atoms with Crippen LogP contribution in [-0.2, 0) is 6.54 Å². The van der Waals surface area contributed by atoms with Crippen molar-refractivity contribution < 1.29 is 0 Å². The number of halogens is 1. The minimum atomic E-state index is 0.662. The fraction of sp³-hybridized carbons (Fsp3) is 0.583. The SMILES string of the molecule is CC1CCN(Cc2nc(NN)ccc2Cl)CC1. The first-order chi connectivity index (χ1) is 8.19. The Bertz CT molecular complexity index is 375. The van der Waals surface area contributed by atoms with Crippen molar-refractivity contribution in [3.63, 3.8) is 0 Å². The van der Waals surface area contributed by atoms with Crippen LogP contribution in [0.4, 0.5) is 5.82 Å². The van der Waals surface area contributed by atoms with Crippen LogP contribution in [0.3, 0.4) is 0 Å². The van der Waals surface area contributed by atoms with E-state index >= 15 is 0 Å². The van der Waals surface area contributed by atoms with Crippen molar-refractivity contribution in [2.45, 2.75) is 26.3 Å². The highest BCUT2D eigenvalue weighted by atomic mass is 35.5. The fourth-order valence-electron chi connectivity index (χ4n) is 2.11. The second-order valence-electron chi connectivity index (χ2n) is 4.73. The number of nitrogen functional groups attached to an aromatic ring is 1. The lowest BCUT2D eigenvalue weighted by Gasteiger charge is -2.30. The first-order valence-corrected chi connectivity index (χ1v) is 6.41. The molecule has 0 aliphatic carbocycles. The Morgan fingerprint density at radius 2 is 2.18 bits per heavy atom. The van der Waals surface area contributed by atoms with Crippen molar-refractivity contribution in [3.05, 3.63) is 22.8 Å². The number of nitrogens with zero attached hydrogens (tertiary/aromatic N) is 2. The van der Waals surface area contributed by atoms with Crippen molar-refractivity contribution in [2.24, 2.45) is 11.8 Å². The number of nitrogens with two attached hydrogens (primary N) is 1.